The van der Waals surface area contributed by atoms with Gasteiger partial charge in [0, 0.05) is 0 Å². The fourth-order valence-electron chi connectivity index (χ4n) is 1.00. The Morgan fingerprint density at radius 3 is 2.20 bits per heavy atom. The van der Waals surface area contributed by atoms with Crippen LogP contribution in [0.25, 0.3) is 0 Å². The molecule has 0 fully saturated rings. The van der Waals surface area contributed by atoms with Gasteiger partial charge >= 0.3 is 0 Å². The van der Waals surface area contributed by atoms with Gasteiger partial charge in [-0.1, -0.05) is 13.8 Å². The van der Waals surface area contributed by atoms with Crippen molar-refractivity contribution in [3.8, 4) is 0 Å². The summed E-state index contributed by atoms with van der Waals surface area (Å²) in [4.78, 5) is 2.22. The minimum atomic E-state index is 0.556. The highest BCUT2D eigenvalue weighted by molar-refractivity contribution is 4.59. The van der Waals surface area contributed by atoms with Gasteiger partial charge in [0.2, 0.25) is 0 Å². The SMILES string of the molecule is CCCNC(CC)N(C)C. The molecule has 1 N–H and O–H groups in total. The zero-order chi connectivity index (χ0) is 7.98. The van der Waals surface area contributed by atoms with E-state index in [1.165, 1.54) is 12.8 Å². The summed E-state index contributed by atoms with van der Waals surface area (Å²) in [5, 5.41) is 3.44. The smallest absolute Gasteiger partial charge is 0.0589 e. The third-order valence-electron chi connectivity index (χ3n) is 1.64. The predicted octanol–water partition coefficient (Wildman–Crippen LogP) is 1.28. The van der Waals surface area contributed by atoms with E-state index < -0.39 is 0 Å². The van der Waals surface area contributed by atoms with Crippen molar-refractivity contribution in [2.24, 2.45) is 0 Å². The van der Waals surface area contributed by atoms with Crippen molar-refractivity contribution in [1.29, 1.82) is 0 Å². The number of rotatable bonds is 5. The highest BCUT2D eigenvalue weighted by Crippen LogP contribution is 1.93. The van der Waals surface area contributed by atoms with Gasteiger partial charge in [-0.25, -0.2) is 0 Å². The Labute approximate surface area is 64.6 Å². The maximum atomic E-state index is 3.44. The van der Waals surface area contributed by atoms with Gasteiger partial charge in [-0.05, 0) is 33.5 Å². The molecule has 0 bridgehead atoms. The van der Waals surface area contributed by atoms with Gasteiger partial charge in [0.1, 0.15) is 0 Å². The largest absolute Gasteiger partial charge is 0.302 e. The molecule has 0 saturated heterocycles. The molecule has 0 spiro atoms. The summed E-state index contributed by atoms with van der Waals surface area (Å²) in [7, 11) is 4.22. The van der Waals surface area contributed by atoms with Gasteiger partial charge in [0.25, 0.3) is 0 Å². The first-order valence-corrected chi connectivity index (χ1v) is 4.12. The van der Waals surface area contributed by atoms with Crippen molar-refractivity contribution in [3.05, 3.63) is 0 Å². The van der Waals surface area contributed by atoms with E-state index in [2.05, 4.69) is 38.2 Å². The Hall–Kier alpha value is -0.0800. The molecule has 0 heterocycles. The first-order chi connectivity index (χ1) is 4.72. The maximum Gasteiger partial charge on any atom is 0.0589 e. The van der Waals surface area contributed by atoms with Gasteiger partial charge in [0.05, 0.1) is 6.17 Å². The van der Waals surface area contributed by atoms with Gasteiger partial charge in [-0.3, -0.25) is 4.90 Å². The lowest BCUT2D eigenvalue weighted by Crippen LogP contribution is -2.41. The Morgan fingerprint density at radius 1 is 1.30 bits per heavy atom. The van der Waals surface area contributed by atoms with E-state index in [-0.39, 0.29) is 0 Å². The van der Waals surface area contributed by atoms with Crippen LogP contribution in [-0.4, -0.2) is 31.7 Å². The molecule has 0 amide bonds. The van der Waals surface area contributed by atoms with Crippen molar-refractivity contribution in [3.63, 3.8) is 0 Å². The predicted molar refractivity (Wildman–Crippen MR) is 46.1 cm³/mol. The molecule has 0 radical (unpaired) electrons. The topological polar surface area (TPSA) is 15.3 Å². The van der Waals surface area contributed by atoms with Crippen LogP contribution in [0.4, 0.5) is 0 Å². The van der Waals surface area contributed by atoms with E-state index in [4.69, 9.17) is 0 Å². The molecule has 0 aromatic rings. The summed E-state index contributed by atoms with van der Waals surface area (Å²) in [6, 6.07) is 0. The van der Waals surface area contributed by atoms with E-state index >= 15 is 0 Å². The lowest BCUT2D eigenvalue weighted by atomic mass is 10.3. The van der Waals surface area contributed by atoms with Crippen LogP contribution in [-0.2, 0) is 0 Å². The van der Waals surface area contributed by atoms with E-state index in [1.807, 2.05) is 0 Å². The van der Waals surface area contributed by atoms with Crippen LogP contribution >= 0.6 is 0 Å². The Kier molecular flexibility index (Phi) is 5.64. The fourth-order valence-corrected chi connectivity index (χ4v) is 1.00. The number of hydrogen-bond donors (Lipinski definition) is 1. The lowest BCUT2D eigenvalue weighted by Gasteiger charge is -2.23. The number of nitrogens with zero attached hydrogens (tertiary/aromatic N) is 1. The van der Waals surface area contributed by atoms with Crippen LogP contribution in [0.2, 0.25) is 0 Å². The Morgan fingerprint density at radius 2 is 1.90 bits per heavy atom. The van der Waals surface area contributed by atoms with Crippen LogP contribution in [0.5, 0.6) is 0 Å². The van der Waals surface area contributed by atoms with E-state index in [1.54, 1.807) is 0 Å². The van der Waals surface area contributed by atoms with Gasteiger partial charge in [0.15, 0.2) is 0 Å². The van der Waals surface area contributed by atoms with Gasteiger partial charge < -0.3 is 5.32 Å². The second-order valence-corrected chi connectivity index (χ2v) is 2.84. The number of hydrogen-bond acceptors (Lipinski definition) is 2. The third-order valence-corrected chi connectivity index (χ3v) is 1.64. The highest BCUT2D eigenvalue weighted by atomic mass is 15.2. The summed E-state index contributed by atoms with van der Waals surface area (Å²) in [5.41, 5.74) is 0. The first-order valence-electron chi connectivity index (χ1n) is 4.12. The maximum absolute atomic E-state index is 3.44. The van der Waals surface area contributed by atoms with Crippen LogP contribution in [0.15, 0.2) is 0 Å². The first kappa shape index (κ1) is 9.92. The van der Waals surface area contributed by atoms with E-state index in [0.717, 1.165) is 6.54 Å². The molecule has 0 aromatic heterocycles. The molecule has 2 nitrogen and oxygen atoms in total. The monoisotopic (exact) mass is 144 g/mol. The summed E-state index contributed by atoms with van der Waals surface area (Å²) < 4.78 is 0. The van der Waals surface area contributed by atoms with Crippen molar-refractivity contribution >= 4 is 0 Å². The van der Waals surface area contributed by atoms with Crippen molar-refractivity contribution in [2.75, 3.05) is 20.6 Å². The van der Waals surface area contributed by atoms with Gasteiger partial charge in [-0.2, -0.15) is 0 Å². The van der Waals surface area contributed by atoms with Crippen molar-refractivity contribution < 1.29 is 0 Å². The Balaban J connectivity index is 3.40. The second kappa shape index (κ2) is 5.69. The molecular weight excluding hydrogens is 124 g/mol. The summed E-state index contributed by atoms with van der Waals surface area (Å²) in [6.45, 7) is 5.51. The molecule has 0 saturated carbocycles. The second-order valence-electron chi connectivity index (χ2n) is 2.84. The zero-order valence-corrected chi connectivity index (χ0v) is 7.65. The van der Waals surface area contributed by atoms with E-state index in [0.29, 0.717) is 6.17 Å². The lowest BCUT2D eigenvalue weighted by molar-refractivity contribution is 0.240. The summed E-state index contributed by atoms with van der Waals surface area (Å²) in [6.07, 6.45) is 2.94. The molecule has 0 aromatic carbocycles. The molecule has 1 unspecified atom stereocenters. The zero-order valence-electron chi connectivity index (χ0n) is 7.65. The average molecular weight is 144 g/mol. The fraction of sp³-hybridized carbons (Fsp3) is 1.00. The standard InChI is InChI=1S/C8H20N2/c1-5-7-9-8(6-2)10(3)4/h8-9H,5-7H2,1-4H3. The van der Waals surface area contributed by atoms with Crippen molar-refractivity contribution in [1.82, 2.24) is 10.2 Å². The quantitative estimate of drug-likeness (QED) is 0.585. The molecule has 0 aliphatic heterocycles. The van der Waals surface area contributed by atoms with Crippen LogP contribution in [0.1, 0.15) is 26.7 Å². The molecule has 62 valence electrons. The third kappa shape index (κ3) is 3.85. The molecule has 0 aliphatic carbocycles. The van der Waals surface area contributed by atoms with Crippen LogP contribution in [0, 0.1) is 0 Å². The molecular formula is C8H20N2. The van der Waals surface area contributed by atoms with E-state index in [9.17, 15) is 0 Å². The molecule has 0 aliphatic rings. The highest BCUT2D eigenvalue weighted by Gasteiger charge is 2.04. The van der Waals surface area contributed by atoms with Crippen molar-refractivity contribution in [2.45, 2.75) is 32.9 Å². The number of nitrogens with one attached hydrogen (secondary N) is 1. The van der Waals surface area contributed by atoms with Crippen LogP contribution in [0.3, 0.4) is 0 Å². The Bertz CT molecular complexity index is 71.7. The summed E-state index contributed by atoms with van der Waals surface area (Å²) in [5.74, 6) is 0. The van der Waals surface area contributed by atoms with Gasteiger partial charge in [-0.15, -0.1) is 0 Å². The normalized spacial score (nSPS) is 14.1. The molecule has 0 rings (SSSR count). The molecule has 2 heteroatoms. The minimum Gasteiger partial charge on any atom is -0.302 e. The van der Waals surface area contributed by atoms with Crippen LogP contribution < -0.4 is 5.32 Å². The minimum absolute atomic E-state index is 0.556. The average Bonchev–Trinajstić information content (AvgIpc) is 1.89. The molecule has 1 atom stereocenters. The summed E-state index contributed by atoms with van der Waals surface area (Å²) >= 11 is 0. The molecule has 10 heavy (non-hydrogen) atoms.